The van der Waals surface area contributed by atoms with Gasteiger partial charge < -0.3 is 5.11 Å². The van der Waals surface area contributed by atoms with Crippen molar-refractivity contribution in [3.05, 3.63) is 137 Å². The monoisotopic (exact) mass is 362 g/mol. The molecule has 1 nitrogen and oxygen atoms in total. The average Bonchev–Trinajstić information content (AvgIpc) is 2.76. The van der Waals surface area contributed by atoms with Gasteiger partial charge in [-0.05, 0) is 58.0 Å². The lowest BCUT2D eigenvalue weighted by atomic mass is 9.85. The van der Waals surface area contributed by atoms with Crippen LogP contribution in [0.2, 0.25) is 0 Å². The van der Waals surface area contributed by atoms with E-state index < -0.39 is 0 Å². The van der Waals surface area contributed by atoms with Gasteiger partial charge in [-0.2, -0.15) is 0 Å². The Morgan fingerprint density at radius 1 is 0.500 bits per heavy atom. The van der Waals surface area contributed by atoms with E-state index in [1.807, 2.05) is 31.2 Å². The first kappa shape index (κ1) is 17.8. The Kier molecular flexibility index (Phi) is 5.07. The molecule has 0 aliphatic heterocycles. The highest BCUT2D eigenvalue weighted by atomic mass is 16.3. The highest BCUT2D eigenvalue weighted by Gasteiger charge is 2.16. The van der Waals surface area contributed by atoms with Crippen molar-refractivity contribution in [3.63, 3.8) is 0 Å². The first-order chi connectivity index (χ1) is 13.7. The number of aromatic hydroxyl groups is 1. The molecule has 0 saturated carbocycles. The van der Waals surface area contributed by atoms with Gasteiger partial charge in [-0.1, -0.05) is 97.1 Å². The van der Waals surface area contributed by atoms with Crippen molar-refractivity contribution in [3.8, 4) is 5.75 Å². The highest BCUT2D eigenvalue weighted by Crippen LogP contribution is 2.37. The smallest absolute Gasteiger partial charge is 0.118 e. The van der Waals surface area contributed by atoms with Gasteiger partial charge in [0.2, 0.25) is 0 Å². The lowest BCUT2D eigenvalue weighted by molar-refractivity contribution is 0.471. The molecule has 4 aromatic carbocycles. The molecule has 28 heavy (non-hydrogen) atoms. The van der Waals surface area contributed by atoms with E-state index in [1.54, 1.807) is 6.07 Å². The fraction of sp³-hybridized carbons (Fsp3) is 0.0370. The molecule has 0 heterocycles. The molecular weight excluding hydrogens is 340 g/mol. The summed E-state index contributed by atoms with van der Waals surface area (Å²) in [6.45, 7) is 1.94. The summed E-state index contributed by atoms with van der Waals surface area (Å²) in [5.74, 6) is 0.317. The summed E-state index contributed by atoms with van der Waals surface area (Å²) in [5.41, 5.74) is 7.76. The number of phenols is 1. The van der Waals surface area contributed by atoms with Crippen LogP contribution >= 0.6 is 0 Å². The van der Waals surface area contributed by atoms with Crippen molar-refractivity contribution in [2.24, 2.45) is 0 Å². The Morgan fingerprint density at radius 2 is 0.893 bits per heavy atom. The molecule has 0 aliphatic carbocycles. The minimum Gasteiger partial charge on any atom is -0.508 e. The van der Waals surface area contributed by atoms with Gasteiger partial charge in [0.25, 0.3) is 0 Å². The molecule has 1 heteroatoms. The van der Waals surface area contributed by atoms with E-state index >= 15 is 0 Å². The Bertz CT molecular complexity index is 1050. The quantitative estimate of drug-likeness (QED) is 0.400. The minimum atomic E-state index is 0.317. The van der Waals surface area contributed by atoms with E-state index in [1.165, 1.54) is 16.7 Å². The van der Waals surface area contributed by atoms with E-state index in [2.05, 4.69) is 78.9 Å². The van der Waals surface area contributed by atoms with Crippen molar-refractivity contribution >= 4 is 11.1 Å². The maximum atomic E-state index is 10.1. The molecule has 0 atom stereocenters. The van der Waals surface area contributed by atoms with Crippen molar-refractivity contribution in [1.82, 2.24) is 0 Å². The van der Waals surface area contributed by atoms with Gasteiger partial charge in [-0.25, -0.2) is 0 Å². The van der Waals surface area contributed by atoms with Crippen LogP contribution < -0.4 is 0 Å². The first-order valence-electron chi connectivity index (χ1n) is 9.44. The third-order valence-electron chi connectivity index (χ3n) is 4.92. The topological polar surface area (TPSA) is 20.2 Å². The zero-order valence-corrected chi connectivity index (χ0v) is 15.8. The zero-order valence-electron chi connectivity index (χ0n) is 15.8. The predicted octanol–water partition coefficient (Wildman–Crippen LogP) is 6.71. The Morgan fingerprint density at radius 3 is 1.29 bits per heavy atom. The number of phenolic OH excluding ortho intramolecular Hbond substituents is 1. The molecule has 0 spiro atoms. The fourth-order valence-corrected chi connectivity index (χ4v) is 3.54. The second-order valence-corrected chi connectivity index (χ2v) is 6.85. The number of rotatable bonds is 4. The number of hydrogen-bond donors (Lipinski definition) is 1. The second kappa shape index (κ2) is 7.98. The van der Waals surface area contributed by atoms with Crippen molar-refractivity contribution < 1.29 is 5.11 Å². The Hall–Kier alpha value is -3.58. The van der Waals surface area contributed by atoms with Gasteiger partial charge in [0.15, 0.2) is 0 Å². The molecule has 4 aromatic rings. The third-order valence-corrected chi connectivity index (χ3v) is 4.92. The summed E-state index contributed by atoms with van der Waals surface area (Å²) in [4.78, 5) is 0. The summed E-state index contributed by atoms with van der Waals surface area (Å²) in [5, 5.41) is 10.1. The molecule has 0 saturated heterocycles. The van der Waals surface area contributed by atoms with Gasteiger partial charge in [0.1, 0.15) is 5.75 Å². The SMILES string of the molecule is Cc1cc(C(=C(c2ccccc2)c2ccccc2)c2ccccc2)ccc1O. The van der Waals surface area contributed by atoms with Crippen LogP contribution in [0.5, 0.6) is 5.75 Å². The molecule has 0 unspecified atom stereocenters. The molecule has 0 amide bonds. The van der Waals surface area contributed by atoms with E-state index in [-0.39, 0.29) is 0 Å². The van der Waals surface area contributed by atoms with Crippen molar-refractivity contribution in [2.75, 3.05) is 0 Å². The highest BCUT2D eigenvalue weighted by molar-refractivity contribution is 6.04. The Balaban J connectivity index is 2.10. The van der Waals surface area contributed by atoms with Crippen LogP contribution in [0.15, 0.2) is 109 Å². The summed E-state index contributed by atoms with van der Waals surface area (Å²) < 4.78 is 0. The maximum Gasteiger partial charge on any atom is 0.118 e. The van der Waals surface area contributed by atoms with Crippen LogP contribution in [-0.4, -0.2) is 5.11 Å². The van der Waals surface area contributed by atoms with Gasteiger partial charge in [0.05, 0.1) is 0 Å². The van der Waals surface area contributed by atoms with Gasteiger partial charge in [-0.3, -0.25) is 0 Å². The van der Waals surface area contributed by atoms with Crippen LogP contribution in [0.25, 0.3) is 11.1 Å². The van der Waals surface area contributed by atoms with E-state index in [0.717, 1.165) is 22.3 Å². The second-order valence-electron chi connectivity index (χ2n) is 6.85. The largest absolute Gasteiger partial charge is 0.508 e. The summed E-state index contributed by atoms with van der Waals surface area (Å²) in [6.07, 6.45) is 0. The molecule has 0 bridgehead atoms. The summed E-state index contributed by atoms with van der Waals surface area (Å²) in [7, 11) is 0. The summed E-state index contributed by atoms with van der Waals surface area (Å²) in [6, 6.07) is 37.3. The minimum absolute atomic E-state index is 0.317. The van der Waals surface area contributed by atoms with Gasteiger partial charge in [-0.15, -0.1) is 0 Å². The predicted molar refractivity (Wildman–Crippen MR) is 117 cm³/mol. The molecule has 0 radical (unpaired) electrons. The lowest BCUT2D eigenvalue weighted by Crippen LogP contribution is -1.97. The molecule has 0 aliphatic rings. The maximum absolute atomic E-state index is 10.1. The van der Waals surface area contributed by atoms with Crippen LogP contribution in [-0.2, 0) is 0 Å². The van der Waals surface area contributed by atoms with Gasteiger partial charge in [0, 0.05) is 0 Å². The molecular formula is C27H22O. The number of benzene rings is 4. The molecule has 1 N–H and O–H groups in total. The van der Waals surface area contributed by atoms with Gasteiger partial charge >= 0.3 is 0 Å². The van der Waals surface area contributed by atoms with Crippen LogP contribution in [0, 0.1) is 6.92 Å². The summed E-state index contributed by atoms with van der Waals surface area (Å²) >= 11 is 0. The molecule has 4 rings (SSSR count). The van der Waals surface area contributed by atoms with E-state index in [4.69, 9.17) is 0 Å². The standard InChI is InChI=1S/C27H22O/c1-20-19-24(17-18-25(20)28)27(23-15-9-4-10-16-23)26(21-11-5-2-6-12-21)22-13-7-3-8-14-22/h2-19,28H,1H3. The fourth-order valence-electron chi connectivity index (χ4n) is 3.54. The van der Waals surface area contributed by atoms with E-state index in [0.29, 0.717) is 5.75 Å². The van der Waals surface area contributed by atoms with Crippen LogP contribution in [0.3, 0.4) is 0 Å². The third kappa shape index (κ3) is 3.60. The molecule has 136 valence electrons. The van der Waals surface area contributed by atoms with Crippen molar-refractivity contribution in [2.45, 2.75) is 6.92 Å². The zero-order chi connectivity index (χ0) is 19.3. The van der Waals surface area contributed by atoms with Crippen molar-refractivity contribution in [1.29, 1.82) is 0 Å². The van der Waals surface area contributed by atoms with Crippen LogP contribution in [0.4, 0.5) is 0 Å². The average molecular weight is 362 g/mol. The number of hydrogen-bond acceptors (Lipinski definition) is 1. The van der Waals surface area contributed by atoms with E-state index in [9.17, 15) is 5.11 Å². The molecule has 0 aromatic heterocycles. The lowest BCUT2D eigenvalue weighted by Gasteiger charge is -2.18. The normalized spacial score (nSPS) is 10.5. The Labute approximate surface area is 166 Å². The number of aryl methyl sites for hydroxylation is 1. The van der Waals surface area contributed by atoms with Crippen LogP contribution in [0.1, 0.15) is 27.8 Å². The first-order valence-corrected chi connectivity index (χ1v) is 9.44. The molecule has 0 fully saturated rings.